The molecule has 0 saturated heterocycles. The zero-order valence-corrected chi connectivity index (χ0v) is 18.1. The van der Waals surface area contributed by atoms with Crippen LogP contribution in [0.4, 0.5) is 18.9 Å². The van der Waals surface area contributed by atoms with Crippen LogP contribution in [0.3, 0.4) is 0 Å². The topological polar surface area (TPSA) is 110 Å². The number of benzene rings is 3. The summed E-state index contributed by atoms with van der Waals surface area (Å²) in [6, 6.07) is 18.5. The maximum Gasteiger partial charge on any atom is 0.534 e. The molecule has 0 heterocycles. The maximum absolute atomic E-state index is 12.9. The Morgan fingerprint density at radius 1 is 0.912 bits per heavy atom. The highest BCUT2D eigenvalue weighted by molar-refractivity contribution is 7.88. The first kappa shape index (κ1) is 24.8. The zero-order valence-electron chi connectivity index (χ0n) is 17.3. The number of carboxylic acid groups (broad SMARTS) is 1. The van der Waals surface area contributed by atoms with Gasteiger partial charge in [0, 0.05) is 16.8 Å². The third kappa shape index (κ3) is 5.93. The molecule has 2 N–H and O–H groups in total. The van der Waals surface area contributed by atoms with Crippen molar-refractivity contribution in [2.45, 2.75) is 18.0 Å². The number of carbonyl (C=O) groups is 2. The summed E-state index contributed by atoms with van der Waals surface area (Å²) in [4.78, 5) is 24.4. The Balaban J connectivity index is 1.88. The van der Waals surface area contributed by atoms with E-state index >= 15 is 0 Å². The fourth-order valence-electron chi connectivity index (χ4n) is 3.10. The average molecular weight is 493 g/mol. The van der Waals surface area contributed by atoms with E-state index in [1.807, 2.05) is 0 Å². The number of carboxylic acids is 1. The van der Waals surface area contributed by atoms with Crippen molar-refractivity contribution in [2.75, 3.05) is 5.32 Å². The predicted molar refractivity (Wildman–Crippen MR) is 117 cm³/mol. The molecule has 0 aliphatic rings. The van der Waals surface area contributed by atoms with Crippen molar-refractivity contribution in [1.29, 1.82) is 0 Å². The molecule has 0 bridgehead atoms. The Morgan fingerprint density at radius 3 is 2.09 bits per heavy atom. The van der Waals surface area contributed by atoms with E-state index < -0.39 is 39.8 Å². The van der Waals surface area contributed by atoms with Gasteiger partial charge in [0.05, 0.1) is 12.5 Å². The lowest BCUT2D eigenvalue weighted by Gasteiger charge is -2.21. The van der Waals surface area contributed by atoms with Gasteiger partial charge in [0.25, 0.3) is 0 Å². The molecule has 3 aromatic carbocycles. The second kappa shape index (κ2) is 9.96. The highest BCUT2D eigenvalue weighted by Gasteiger charge is 2.48. The molecule has 0 radical (unpaired) electrons. The van der Waals surface area contributed by atoms with E-state index in [2.05, 4.69) is 9.50 Å². The van der Waals surface area contributed by atoms with Crippen LogP contribution in [-0.2, 0) is 14.9 Å². The van der Waals surface area contributed by atoms with Gasteiger partial charge in [0.15, 0.2) is 5.78 Å². The monoisotopic (exact) mass is 493 g/mol. The number of anilines is 1. The minimum absolute atomic E-state index is 0.292. The Labute approximate surface area is 192 Å². The summed E-state index contributed by atoms with van der Waals surface area (Å²) in [5.74, 6) is -2.06. The van der Waals surface area contributed by atoms with Crippen molar-refractivity contribution >= 4 is 27.6 Å². The lowest BCUT2D eigenvalue weighted by Crippen LogP contribution is -2.28. The number of para-hydroxylation sites is 1. The molecule has 1 atom stereocenters. The van der Waals surface area contributed by atoms with Gasteiger partial charge in [-0.25, -0.2) is 0 Å². The predicted octanol–water partition coefficient (Wildman–Crippen LogP) is 4.77. The van der Waals surface area contributed by atoms with Crippen LogP contribution in [0.2, 0.25) is 0 Å². The van der Waals surface area contributed by atoms with E-state index in [1.54, 1.807) is 54.6 Å². The van der Waals surface area contributed by atoms with E-state index in [1.165, 1.54) is 12.1 Å². The van der Waals surface area contributed by atoms with Crippen LogP contribution in [0.1, 0.15) is 33.9 Å². The number of aliphatic carboxylic acids is 1. The third-order valence-electron chi connectivity index (χ3n) is 4.69. The van der Waals surface area contributed by atoms with Gasteiger partial charge < -0.3 is 14.6 Å². The highest BCUT2D eigenvalue weighted by atomic mass is 32.2. The van der Waals surface area contributed by atoms with Crippen LogP contribution in [0.5, 0.6) is 5.75 Å². The number of nitrogens with one attached hydrogen (secondary N) is 1. The van der Waals surface area contributed by atoms with E-state index in [0.29, 0.717) is 22.4 Å². The van der Waals surface area contributed by atoms with Gasteiger partial charge in [-0.15, -0.1) is 0 Å². The van der Waals surface area contributed by atoms with E-state index in [0.717, 1.165) is 12.1 Å². The Bertz CT molecular complexity index is 1280. The molecule has 3 rings (SSSR count). The average Bonchev–Trinajstić information content (AvgIpc) is 2.78. The second-order valence-corrected chi connectivity index (χ2v) is 8.63. The van der Waals surface area contributed by atoms with Crippen molar-refractivity contribution in [3.63, 3.8) is 0 Å². The summed E-state index contributed by atoms with van der Waals surface area (Å²) in [7, 11) is -5.84. The first-order chi connectivity index (χ1) is 16.0. The molecule has 0 aliphatic carbocycles. The van der Waals surface area contributed by atoms with Crippen LogP contribution in [0.15, 0.2) is 78.9 Å². The molecule has 7 nitrogen and oxygen atoms in total. The van der Waals surface area contributed by atoms with Crippen molar-refractivity contribution in [3.8, 4) is 5.75 Å². The molecule has 0 saturated carbocycles. The standard InChI is InChI=1S/C23H18F3NO6S/c24-23(25,26)34(31,32)33-17-12-10-15(11-13-17)20(14-21(28)29)27-19-9-5-4-8-18(19)22(30)16-6-2-1-3-7-16/h1-13,20,27H,14H2,(H,28,29)/t20-/m0/s1. The second-order valence-electron chi connectivity index (χ2n) is 7.09. The molecule has 3 aromatic rings. The van der Waals surface area contributed by atoms with Crippen molar-refractivity contribution in [3.05, 3.63) is 95.6 Å². The minimum Gasteiger partial charge on any atom is -0.481 e. The van der Waals surface area contributed by atoms with Crippen molar-refractivity contribution in [1.82, 2.24) is 0 Å². The lowest BCUT2D eigenvalue weighted by molar-refractivity contribution is -0.137. The summed E-state index contributed by atoms with van der Waals surface area (Å²) >= 11 is 0. The molecule has 178 valence electrons. The molecule has 0 spiro atoms. The number of ketones is 1. The zero-order chi connectivity index (χ0) is 24.9. The molecule has 0 aromatic heterocycles. The van der Waals surface area contributed by atoms with Crippen LogP contribution < -0.4 is 9.50 Å². The third-order valence-corrected chi connectivity index (χ3v) is 5.67. The minimum atomic E-state index is -5.84. The van der Waals surface area contributed by atoms with Gasteiger partial charge in [0.2, 0.25) is 0 Å². The van der Waals surface area contributed by atoms with Gasteiger partial charge >= 0.3 is 21.6 Å². The summed E-state index contributed by atoms with van der Waals surface area (Å²) in [6.45, 7) is 0. The number of rotatable bonds is 9. The fourth-order valence-corrected chi connectivity index (χ4v) is 3.56. The Hall–Kier alpha value is -3.86. The molecule has 0 aliphatic heterocycles. The van der Waals surface area contributed by atoms with Gasteiger partial charge in [-0.3, -0.25) is 9.59 Å². The highest BCUT2D eigenvalue weighted by Crippen LogP contribution is 2.30. The molecule has 11 heteroatoms. The molecular weight excluding hydrogens is 475 g/mol. The fraction of sp³-hybridized carbons (Fsp3) is 0.130. The van der Waals surface area contributed by atoms with E-state index in [4.69, 9.17) is 0 Å². The summed E-state index contributed by atoms with van der Waals surface area (Å²) in [5, 5.41) is 12.3. The molecule has 34 heavy (non-hydrogen) atoms. The van der Waals surface area contributed by atoms with Gasteiger partial charge in [-0.1, -0.05) is 54.6 Å². The Morgan fingerprint density at radius 2 is 1.50 bits per heavy atom. The van der Waals surface area contributed by atoms with Crippen LogP contribution in [0, 0.1) is 0 Å². The van der Waals surface area contributed by atoms with Gasteiger partial charge in [-0.2, -0.15) is 21.6 Å². The molecular formula is C23H18F3NO6S. The van der Waals surface area contributed by atoms with Crippen molar-refractivity contribution in [2.24, 2.45) is 0 Å². The number of hydrogen-bond acceptors (Lipinski definition) is 6. The summed E-state index contributed by atoms with van der Waals surface area (Å²) in [5.41, 5.74) is -4.20. The van der Waals surface area contributed by atoms with Crippen LogP contribution >= 0.6 is 0 Å². The number of carbonyl (C=O) groups excluding carboxylic acids is 1. The Kier molecular flexibility index (Phi) is 7.26. The van der Waals surface area contributed by atoms with Crippen molar-refractivity contribution < 1.29 is 40.5 Å². The van der Waals surface area contributed by atoms with Crippen LogP contribution in [-0.4, -0.2) is 30.8 Å². The SMILES string of the molecule is O=C(O)C[C@H](Nc1ccccc1C(=O)c1ccccc1)c1ccc(OS(=O)(=O)C(F)(F)F)cc1. The first-order valence-corrected chi connectivity index (χ1v) is 11.2. The van der Waals surface area contributed by atoms with E-state index in [9.17, 15) is 36.3 Å². The summed E-state index contributed by atoms with van der Waals surface area (Å²) < 4.78 is 64.0. The quantitative estimate of drug-likeness (QED) is 0.251. The largest absolute Gasteiger partial charge is 0.534 e. The molecule has 0 fully saturated rings. The van der Waals surface area contributed by atoms with Crippen LogP contribution in [0.25, 0.3) is 0 Å². The van der Waals surface area contributed by atoms with Gasteiger partial charge in [-0.05, 0) is 29.8 Å². The number of halogens is 3. The number of alkyl halides is 3. The maximum atomic E-state index is 12.9. The number of hydrogen-bond donors (Lipinski definition) is 2. The molecule has 0 amide bonds. The lowest BCUT2D eigenvalue weighted by atomic mass is 9.99. The normalized spacial score (nSPS) is 12.6. The van der Waals surface area contributed by atoms with Gasteiger partial charge in [0.1, 0.15) is 5.75 Å². The molecule has 0 unspecified atom stereocenters. The summed E-state index contributed by atoms with van der Waals surface area (Å²) in [6.07, 6.45) is -0.436. The first-order valence-electron chi connectivity index (χ1n) is 9.76. The van der Waals surface area contributed by atoms with E-state index in [-0.39, 0.29) is 5.78 Å². The smallest absolute Gasteiger partial charge is 0.481 e.